The molecule has 1 aliphatic carbocycles. The zero-order chi connectivity index (χ0) is 22.7. The number of halogens is 2. The SMILES string of the molecule is COc1cc2c3c(nc(-c4cc(O)cc(Cl)c4C4CC4)c(F)c3n1)OCC1CCCCCN21. The molecule has 1 saturated carbocycles. The smallest absolute Gasteiger partial charge is 0.225 e. The number of benzene rings is 1. The van der Waals surface area contributed by atoms with E-state index in [1.54, 1.807) is 0 Å². The molecule has 0 amide bonds. The second kappa shape index (κ2) is 7.90. The minimum absolute atomic E-state index is 0.0276. The minimum atomic E-state index is -0.561. The van der Waals surface area contributed by atoms with Gasteiger partial charge in [0.15, 0.2) is 5.82 Å². The van der Waals surface area contributed by atoms with E-state index in [0.29, 0.717) is 34.3 Å². The molecule has 4 heterocycles. The largest absolute Gasteiger partial charge is 0.508 e. The highest BCUT2D eigenvalue weighted by Gasteiger charge is 2.34. The standard InChI is InChI=1S/C25H25ClFN3O3/c1-32-19-11-18-21-24(28-19)22(27)23(16-9-15(31)10-17(26)20(16)13-6-7-13)29-25(21)33-12-14-5-3-2-4-8-30(14)18/h9-11,13-14,31H,2-8,12H2,1H3. The normalized spacial score (nSPS) is 20.1. The molecule has 33 heavy (non-hydrogen) atoms. The zero-order valence-corrected chi connectivity index (χ0v) is 19.2. The summed E-state index contributed by atoms with van der Waals surface area (Å²) in [6, 6.07) is 5.08. The molecule has 1 N–H and O–H groups in total. The molecule has 3 aromatic rings. The summed E-state index contributed by atoms with van der Waals surface area (Å²) >= 11 is 6.49. The Hall–Kier alpha value is -2.80. The lowest BCUT2D eigenvalue weighted by molar-refractivity contribution is 0.275. The molecule has 0 spiro atoms. The molecular weight excluding hydrogens is 445 g/mol. The summed E-state index contributed by atoms with van der Waals surface area (Å²) in [7, 11) is 1.54. The molecule has 1 unspecified atom stereocenters. The summed E-state index contributed by atoms with van der Waals surface area (Å²) in [5.74, 6) is 0.354. The summed E-state index contributed by atoms with van der Waals surface area (Å²) in [5, 5.41) is 11.2. The van der Waals surface area contributed by atoms with E-state index in [0.717, 1.165) is 49.9 Å². The summed E-state index contributed by atoms with van der Waals surface area (Å²) < 4.78 is 27.9. The van der Waals surface area contributed by atoms with Gasteiger partial charge in [0.2, 0.25) is 11.8 Å². The van der Waals surface area contributed by atoms with Gasteiger partial charge in [-0.15, -0.1) is 0 Å². The number of fused-ring (bicyclic) bond motifs is 2. The van der Waals surface area contributed by atoms with E-state index in [1.807, 2.05) is 6.07 Å². The lowest BCUT2D eigenvalue weighted by Gasteiger charge is -2.30. The Morgan fingerprint density at radius 3 is 2.79 bits per heavy atom. The molecule has 6 rings (SSSR count). The second-order valence-corrected chi connectivity index (χ2v) is 9.56. The predicted molar refractivity (Wildman–Crippen MR) is 125 cm³/mol. The molecule has 0 radical (unpaired) electrons. The summed E-state index contributed by atoms with van der Waals surface area (Å²) in [6.45, 7) is 1.34. The Kier molecular flexibility index (Phi) is 4.98. The molecule has 2 fully saturated rings. The van der Waals surface area contributed by atoms with Gasteiger partial charge in [-0.1, -0.05) is 24.4 Å². The quantitative estimate of drug-likeness (QED) is 0.521. The van der Waals surface area contributed by atoms with Crippen LogP contribution in [0.15, 0.2) is 18.2 Å². The molecule has 1 aromatic carbocycles. The molecule has 3 aliphatic rings. The van der Waals surface area contributed by atoms with Crippen molar-refractivity contribution in [2.45, 2.75) is 50.5 Å². The first kappa shape index (κ1) is 20.8. The number of phenols is 1. The van der Waals surface area contributed by atoms with E-state index >= 15 is 4.39 Å². The van der Waals surface area contributed by atoms with Gasteiger partial charge in [0.25, 0.3) is 0 Å². The number of aromatic nitrogens is 2. The molecule has 8 heteroatoms. The fourth-order valence-corrected chi connectivity index (χ4v) is 5.61. The van der Waals surface area contributed by atoms with Gasteiger partial charge in [-0.05, 0) is 49.3 Å². The van der Waals surface area contributed by atoms with Gasteiger partial charge in [-0.2, -0.15) is 0 Å². The first-order valence-corrected chi connectivity index (χ1v) is 11.9. The van der Waals surface area contributed by atoms with Crippen LogP contribution in [0.25, 0.3) is 22.2 Å². The molecule has 172 valence electrons. The highest BCUT2D eigenvalue weighted by Crippen LogP contribution is 2.50. The van der Waals surface area contributed by atoms with Crippen molar-refractivity contribution in [3.05, 3.63) is 34.6 Å². The van der Waals surface area contributed by atoms with Gasteiger partial charge in [-0.3, -0.25) is 0 Å². The van der Waals surface area contributed by atoms with E-state index in [1.165, 1.54) is 25.7 Å². The summed E-state index contributed by atoms with van der Waals surface area (Å²) in [4.78, 5) is 11.5. The van der Waals surface area contributed by atoms with Gasteiger partial charge in [0, 0.05) is 23.2 Å². The van der Waals surface area contributed by atoms with Crippen molar-refractivity contribution >= 4 is 28.2 Å². The number of rotatable bonds is 3. The Labute approximate surface area is 196 Å². The van der Waals surface area contributed by atoms with Crippen LogP contribution in [0.2, 0.25) is 5.02 Å². The maximum Gasteiger partial charge on any atom is 0.225 e. The minimum Gasteiger partial charge on any atom is -0.508 e. The topological polar surface area (TPSA) is 67.7 Å². The highest BCUT2D eigenvalue weighted by molar-refractivity contribution is 6.32. The third kappa shape index (κ3) is 3.44. The van der Waals surface area contributed by atoms with Crippen LogP contribution in [0, 0.1) is 5.82 Å². The average Bonchev–Trinajstić information content (AvgIpc) is 3.65. The third-order valence-corrected chi connectivity index (χ3v) is 7.29. The number of methoxy groups -OCH3 is 1. The third-order valence-electron chi connectivity index (χ3n) is 6.98. The van der Waals surface area contributed by atoms with Gasteiger partial charge < -0.3 is 19.5 Å². The molecule has 2 aromatic heterocycles. The number of hydrogen-bond donors (Lipinski definition) is 1. The van der Waals surface area contributed by atoms with Crippen molar-refractivity contribution in [1.82, 2.24) is 9.97 Å². The van der Waals surface area contributed by atoms with Crippen molar-refractivity contribution in [2.24, 2.45) is 0 Å². The zero-order valence-electron chi connectivity index (χ0n) is 18.4. The van der Waals surface area contributed by atoms with E-state index in [4.69, 9.17) is 21.1 Å². The maximum absolute atomic E-state index is 16.2. The number of pyridine rings is 2. The number of phenolic OH excluding ortho intramolecular Hbond substituents is 1. The van der Waals surface area contributed by atoms with Crippen LogP contribution in [0.1, 0.15) is 50.0 Å². The maximum atomic E-state index is 16.2. The van der Waals surface area contributed by atoms with Gasteiger partial charge in [0.1, 0.15) is 23.6 Å². The Morgan fingerprint density at radius 1 is 1.15 bits per heavy atom. The van der Waals surface area contributed by atoms with Crippen LogP contribution in [-0.4, -0.2) is 41.4 Å². The van der Waals surface area contributed by atoms with Crippen molar-refractivity contribution in [1.29, 1.82) is 0 Å². The van der Waals surface area contributed by atoms with E-state index in [2.05, 4.69) is 14.9 Å². The molecule has 2 aliphatic heterocycles. The van der Waals surface area contributed by atoms with E-state index in [-0.39, 0.29) is 28.9 Å². The van der Waals surface area contributed by atoms with Crippen LogP contribution >= 0.6 is 11.6 Å². The average molecular weight is 470 g/mol. The summed E-state index contributed by atoms with van der Waals surface area (Å²) in [5.41, 5.74) is 2.42. The Morgan fingerprint density at radius 2 is 2.00 bits per heavy atom. The Bertz CT molecular complexity index is 1260. The fourth-order valence-electron chi connectivity index (χ4n) is 5.24. The van der Waals surface area contributed by atoms with Crippen LogP contribution in [-0.2, 0) is 0 Å². The first-order valence-electron chi connectivity index (χ1n) is 11.6. The first-order chi connectivity index (χ1) is 16.0. The molecule has 6 nitrogen and oxygen atoms in total. The predicted octanol–water partition coefficient (Wildman–Crippen LogP) is 5.82. The number of aromatic hydroxyl groups is 1. The van der Waals surface area contributed by atoms with Crippen molar-refractivity contribution in [2.75, 3.05) is 25.2 Å². The lowest BCUT2D eigenvalue weighted by Crippen LogP contribution is -2.38. The molecule has 0 bridgehead atoms. The molecule has 1 saturated heterocycles. The Balaban J connectivity index is 1.63. The number of ether oxygens (including phenoxy) is 2. The van der Waals surface area contributed by atoms with Crippen LogP contribution < -0.4 is 14.4 Å². The molecule has 1 atom stereocenters. The number of nitrogens with zero attached hydrogens (tertiary/aromatic N) is 3. The molecular formula is C25H25ClFN3O3. The highest BCUT2D eigenvalue weighted by atomic mass is 35.5. The number of anilines is 1. The summed E-state index contributed by atoms with van der Waals surface area (Å²) in [6.07, 6.45) is 6.32. The van der Waals surface area contributed by atoms with Crippen LogP contribution in [0.3, 0.4) is 0 Å². The number of hydrogen-bond acceptors (Lipinski definition) is 6. The lowest BCUT2D eigenvalue weighted by atomic mass is 9.98. The van der Waals surface area contributed by atoms with E-state index in [9.17, 15) is 5.11 Å². The van der Waals surface area contributed by atoms with E-state index < -0.39 is 5.82 Å². The monoisotopic (exact) mass is 469 g/mol. The van der Waals surface area contributed by atoms with Gasteiger partial charge in [0.05, 0.1) is 24.2 Å². The van der Waals surface area contributed by atoms with Crippen LogP contribution in [0.5, 0.6) is 17.5 Å². The van der Waals surface area contributed by atoms with Crippen molar-refractivity contribution in [3.63, 3.8) is 0 Å². The second-order valence-electron chi connectivity index (χ2n) is 9.16. The van der Waals surface area contributed by atoms with Gasteiger partial charge >= 0.3 is 0 Å². The van der Waals surface area contributed by atoms with Crippen molar-refractivity contribution in [3.8, 4) is 28.8 Å². The van der Waals surface area contributed by atoms with Crippen molar-refractivity contribution < 1.29 is 19.0 Å². The van der Waals surface area contributed by atoms with Gasteiger partial charge in [-0.25, -0.2) is 14.4 Å². The fraction of sp³-hybridized carbons (Fsp3) is 0.440. The van der Waals surface area contributed by atoms with Crippen LogP contribution in [0.4, 0.5) is 10.1 Å².